The second kappa shape index (κ2) is 5.36. The van der Waals surface area contributed by atoms with Crippen LogP contribution < -0.4 is 5.32 Å². The fourth-order valence-electron chi connectivity index (χ4n) is 2.46. The highest BCUT2D eigenvalue weighted by molar-refractivity contribution is 5.82. The average molecular weight is 272 g/mol. The van der Waals surface area contributed by atoms with Crippen LogP contribution >= 0.6 is 0 Å². The summed E-state index contributed by atoms with van der Waals surface area (Å²) in [6, 6.07) is 9.87. The molecule has 20 heavy (non-hydrogen) atoms. The van der Waals surface area contributed by atoms with Crippen LogP contribution in [0.25, 0.3) is 10.9 Å². The van der Waals surface area contributed by atoms with E-state index in [2.05, 4.69) is 5.32 Å². The standard InChI is InChI=1S/C15H16N2O3/c18-14-7-11(8-16-14)10-20-15(19)9-17-6-5-12-3-1-2-4-13(12)17/h1-6,11H,7-10H2,(H,16,18). The van der Waals surface area contributed by atoms with Gasteiger partial charge in [-0.25, -0.2) is 0 Å². The highest BCUT2D eigenvalue weighted by atomic mass is 16.5. The number of hydrogen-bond donors (Lipinski definition) is 1. The SMILES string of the molecule is O=C1CC(COC(=O)Cn2ccc3ccccc32)CN1. The van der Waals surface area contributed by atoms with E-state index in [1.54, 1.807) is 0 Å². The van der Waals surface area contributed by atoms with Crippen LogP contribution in [-0.2, 0) is 20.9 Å². The van der Waals surface area contributed by atoms with Gasteiger partial charge in [0.2, 0.25) is 5.91 Å². The number of carbonyl (C=O) groups excluding carboxylic acids is 2. The third-order valence-corrected chi connectivity index (χ3v) is 3.52. The first-order chi connectivity index (χ1) is 9.72. The van der Waals surface area contributed by atoms with E-state index in [1.807, 2.05) is 41.1 Å². The Kier molecular flexibility index (Phi) is 3.41. The summed E-state index contributed by atoms with van der Waals surface area (Å²) in [5, 5.41) is 3.83. The molecule has 2 aromatic rings. The van der Waals surface area contributed by atoms with Gasteiger partial charge in [0, 0.05) is 30.6 Å². The lowest BCUT2D eigenvalue weighted by Crippen LogP contribution is -2.19. The summed E-state index contributed by atoms with van der Waals surface area (Å²) in [5.41, 5.74) is 1.02. The Morgan fingerprint density at radius 1 is 1.35 bits per heavy atom. The molecule has 0 aliphatic carbocycles. The van der Waals surface area contributed by atoms with Crippen molar-refractivity contribution in [1.82, 2.24) is 9.88 Å². The van der Waals surface area contributed by atoms with Crippen molar-refractivity contribution in [1.29, 1.82) is 0 Å². The minimum atomic E-state index is -0.272. The molecule has 1 atom stereocenters. The van der Waals surface area contributed by atoms with Crippen molar-refractivity contribution in [2.24, 2.45) is 5.92 Å². The number of rotatable bonds is 4. The van der Waals surface area contributed by atoms with E-state index in [0.717, 1.165) is 10.9 Å². The van der Waals surface area contributed by atoms with Crippen molar-refractivity contribution in [2.75, 3.05) is 13.2 Å². The molecular weight excluding hydrogens is 256 g/mol. The minimum absolute atomic E-state index is 0.0300. The predicted octanol–water partition coefficient (Wildman–Crippen LogP) is 1.32. The lowest BCUT2D eigenvalue weighted by atomic mass is 10.1. The van der Waals surface area contributed by atoms with E-state index in [1.165, 1.54) is 0 Å². The molecule has 0 saturated carbocycles. The van der Waals surface area contributed by atoms with Crippen molar-refractivity contribution in [3.63, 3.8) is 0 Å². The monoisotopic (exact) mass is 272 g/mol. The van der Waals surface area contributed by atoms with Crippen molar-refractivity contribution < 1.29 is 14.3 Å². The van der Waals surface area contributed by atoms with Crippen LogP contribution in [0.4, 0.5) is 0 Å². The number of hydrogen-bond acceptors (Lipinski definition) is 3. The Balaban J connectivity index is 1.57. The second-order valence-electron chi connectivity index (χ2n) is 5.06. The van der Waals surface area contributed by atoms with Gasteiger partial charge in [0.05, 0.1) is 6.61 Å². The zero-order valence-corrected chi connectivity index (χ0v) is 11.0. The van der Waals surface area contributed by atoms with Crippen LogP contribution in [0.15, 0.2) is 36.5 Å². The Morgan fingerprint density at radius 3 is 3.00 bits per heavy atom. The second-order valence-corrected chi connectivity index (χ2v) is 5.06. The van der Waals surface area contributed by atoms with Gasteiger partial charge in [-0.15, -0.1) is 0 Å². The molecule has 1 aromatic carbocycles. The molecule has 3 rings (SSSR count). The molecule has 1 fully saturated rings. The maximum Gasteiger partial charge on any atom is 0.325 e. The average Bonchev–Trinajstić information content (AvgIpc) is 3.04. The smallest absolute Gasteiger partial charge is 0.325 e. The number of ether oxygens (including phenoxy) is 1. The largest absolute Gasteiger partial charge is 0.464 e. The number of nitrogens with zero attached hydrogens (tertiary/aromatic N) is 1. The molecule has 1 saturated heterocycles. The Bertz CT molecular complexity index is 647. The summed E-state index contributed by atoms with van der Waals surface area (Å²) in [4.78, 5) is 22.9. The molecule has 1 unspecified atom stereocenters. The molecule has 0 bridgehead atoms. The van der Waals surface area contributed by atoms with Crippen molar-refractivity contribution in [2.45, 2.75) is 13.0 Å². The minimum Gasteiger partial charge on any atom is -0.464 e. The number of esters is 1. The van der Waals surface area contributed by atoms with Gasteiger partial charge in [-0.3, -0.25) is 9.59 Å². The molecule has 1 aliphatic heterocycles. The third kappa shape index (κ3) is 2.66. The number of amides is 1. The first-order valence-corrected chi connectivity index (χ1v) is 6.68. The van der Waals surface area contributed by atoms with Crippen LogP contribution in [0.1, 0.15) is 6.42 Å². The van der Waals surface area contributed by atoms with Crippen molar-refractivity contribution in [3.8, 4) is 0 Å². The Morgan fingerprint density at radius 2 is 2.20 bits per heavy atom. The maximum atomic E-state index is 11.8. The molecule has 1 aliphatic rings. The van der Waals surface area contributed by atoms with Gasteiger partial charge < -0.3 is 14.6 Å². The number of nitrogens with one attached hydrogen (secondary N) is 1. The number of para-hydroxylation sites is 1. The molecule has 0 spiro atoms. The molecule has 0 radical (unpaired) electrons. The van der Waals surface area contributed by atoms with Crippen LogP contribution in [0.5, 0.6) is 0 Å². The predicted molar refractivity (Wildman–Crippen MR) is 74.0 cm³/mol. The van der Waals surface area contributed by atoms with E-state index >= 15 is 0 Å². The molecule has 1 aromatic heterocycles. The van der Waals surface area contributed by atoms with Gasteiger partial charge in [-0.2, -0.15) is 0 Å². The van der Waals surface area contributed by atoms with E-state index in [9.17, 15) is 9.59 Å². The van der Waals surface area contributed by atoms with Gasteiger partial charge in [0.25, 0.3) is 0 Å². The van der Waals surface area contributed by atoms with Gasteiger partial charge in [-0.1, -0.05) is 18.2 Å². The topological polar surface area (TPSA) is 60.3 Å². The summed E-state index contributed by atoms with van der Waals surface area (Å²) >= 11 is 0. The van der Waals surface area contributed by atoms with Crippen LogP contribution in [0, 0.1) is 5.92 Å². The van der Waals surface area contributed by atoms with Gasteiger partial charge in [0.1, 0.15) is 6.54 Å². The van der Waals surface area contributed by atoms with Crippen LogP contribution in [0.2, 0.25) is 0 Å². The molecule has 5 heteroatoms. The van der Waals surface area contributed by atoms with Crippen LogP contribution in [-0.4, -0.2) is 29.6 Å². The zero-order valence-electron chi connectivity index (χ0n) is 11.0. The lowest BCUT2D eigenvalue weighted by molar-refractivity contribution is -0.145. The third-order valence-electron chi connectivity index (χ3n) is 3.52. The summed E-state index contributed by atoms with van der Waals surface area (Å²) in [7, 11) is 0. The lowest BCUT2D eigenvalue weighted by Gasteiger charge is -2.10. The van der Waals surface area contributed by atoms with E-state index in [0.29, 0.717) is 19.6 Å². The van der Waals surface area contributed by atoms with Gasteiger partial charge >= 0.3 is 5.97 Å². The van der Waals surface area contributed by atoms with Crippen molar-refractivity contribution in [3.05, 3.63) is 36.5 Å². The fraction of sp³-hybridized carbons (Fsp3) is 0.333. The van der Waals surface area contributed by atoms with Gasteiger partial charge in [0.15, 0.2) is 0 Å². The summed E-state index contributed by atoms with van der Waals surface area (Å²) < 4.78 is 7.12. The number of aromatic nitrogens is 1. The number of fused-ring (bicyclic) bond motifs is 1. The molecule has 2 heterocycles. The quantitative estimate of drug-likeness (QED) is 0.854. The maximum absolute atomic E-state index is 11.8. The summed E-state index contributed by atoms with van der Waals surface area (Å²) in [5.74, 6) is -0.138. The van der Waals surface area contributed by atoms with E-state index < -0.39 is 0 Å². The Labute approximate surface area is 116 Å². The zero-order chi connectivity index (χ0) is 13.9. The van der Waals surface area contributed by atoms with E-state index in [4.69, 9.17) is 4.74 Å². The van der Waals surface area contributed by atoms with Crippen LogP contribution in [0.3, 0.4) is 0 Å². The highest BCUT2D eigenvalue weighted by Crippen LogP contribution is 2.15. The summed E-state index contributed by atoms with van der Waals surface area (Å²) in [6.45, 7) is 1.09. The molecule has 1 amide bonds. The molecule has 104 valence electrons. The van der Waals surface area contributed by atoms with Gasteiger partial charge in [-0.05, 0) is 17.5 Å². The normalized spacial score (nSPS) is 18.2. The fourth-order valence-corrected chi connectivity index (χ4v) is 2.46. The molecule has 5 nitrogen and oxygen atoms in total. The highest BCUT2D eigenvalue weighted by Gasteiger charge is 2.22. The van der Waals surface area contributed by atoms with Crippen molar-refractivity contribution >= 4 is 22.8 Å². The Hall–Kier alpha value is -2.30. The number of carbonyl (C=O) groups is 2. The first kappa shape index (κ1) is 12.7. The molecule has 1 N–H and O–H groups in total. The number of benzene rings is 1. The molecular formula is C15H16N2O3. The van der Waals surface area contributed by atoms with E-state index in [-0.39, 0.29) is 24.3 Å². The first-order valence-electron chi connectivity index (χ1n) is 6.68. The summed E-state index contributed by atoms with van der Waals surface area (Å²) in [6.07, 6.45) is 2.33.